The predicted molar refractivity (Wildman–Crippen MR) is 95.3 cm³/mol. The molecule has 0 aliphatic heterocycles. The van der Waals surface area contributed by atoms with Crippen LogP contribution in [0.5, 0.6) is 0 Å². The highest BCUT2D eigenvalue weighted by Crippen LogP contribution is 2.30. The molecule has 0 aliphatic carbocycles. The van der Waals surface area contributed by atoms with E-state index in [0.29, 0.717) is 16.9 Å². The van der Waals surface area contributed by atoms with Gasteiger partial charge in [0.1, 0.15) is 10.7 Å². The number of benzene rings is 1. The fraction of sp³-hybridized carbons (Fsp3) is 0.250. The topological polar surface area (TPSA) is 80.9 Å². The van der Waals surface area contributed by atoms with Gasteiger partial charge in [-0.3, -0.25) is 4.79 Å². The first-order chi connectivity index (χ1) is 12.0. The van der Waals surface area contributed by atoms with E-state index in [4.69, 9.17) is 4.42 Å². The van der Waals surface area contributed by atoms with Crippen molar-refractivity contribution >= 4 is 34.7 Å². The summed E-state index contributed by atoms with van der Waals surface area (Å²) >= 11 is 2.78. The highest BCUT2D eigenvalue weighted by Gasteiger charge is 2.15. The van der Waals surface area contributed by atoms with E-state index in [1.54, 1.807) is 12.1 Å². The van der Waals surface area contributed by atoms with Gasteiger partial charge in [-0.15, -0.1) is 21.5 Å². The third kappa shape index (κ3) is 4.43. The average Bonchev–Trinajstić information content (AvgIpc) is 3.16. The van der Waals surface area contributed by atoms with Crippen molar-refractivity contribution in [1.29, 1.82) is 0 Å². The molecule has 1 aromatic carbocycles. The van der Waals surface area contributed by atoms with Crippen LogP contribution in [-0.4, -0.2) is 26.8 Å². The second-order valence-corrected chi connectivity index (χ2v) is 7.40. The van der Waals surface area contributed by atoms with Crippen molar-refractivity contribution < 1.29 is 13.6 Å². The minimum absolute atomic E-state index is 0.175. The van der Waals surface area contributed by atoms with Gasteiger partial charge in [-0.25, -0.2) is 9.37 Å². The Morgan fingerprint density at radius 1 is 1.32 bits per heavy atom. The highest BCUT2D eigenvalue weighted by molar-refractivity contribution is 7.99. The van der Waals surface area contributed by atoms with Gasteiger partial charge in [0.05, 0.1) is 16.4 Å². The summed E-state index contributed by atoms with van der Waals surface area (Å²) in [7, 11) is 0. The zero-order chi connectivity index (χ0) is 17.8. The molecule has 130 valence electrons. The van der Waals surface area contributed by atoms with Crippen LogP contribution in [0.4, 0.5) is 10.1 Å². The average molecular weight is 378 g/mol. The van der Waals surface area contributed by atoms with Crippen molar-refractivity contribution in [1.82, 2.24) is 15.2 Å². The Morgan fingerprint density at radius 3 is 2.84 bits per heavy atom. The number of halogens is 1. The van der Waals surface area contributed by atoms with Gasteiger partial charge in [0, 0.05) is 12.2 Å². The molecule has 0 aliphatic rings. The van der Waals surface area contributed by atoms with E-state index in [9.17, 15) is 9.18 Å². The van der Waals surface area contributed by atoms with Crippen LogP contribution in [0, 0.1) is 19.7 Å². The lowest BCUT2D eigenvalue weighted by Crippen LogP contribution is -2.13. The van der Waals surface area contributed by atoms with Gasteiger partial charge < -0.3 is 9.73 Å². The number of hydrogen-bond donors (Lipinski definition) is 1. The van der Waals surface area contributed by atoms with Crippen molar-refractivity contribution in [2.75, 3.05) is 11.1 Å². The van der Waals surface area contributed by atoms with Crippen molar-refractivity contribution in [3.8, 4) is 10.8 Å². The molecular formula is C16H15FN4O2S2. The summed E-state index contributed by atoms with van der Waals surface area (Å²) < 4.78 is 19.1. The van der Waals surface area contributed by atoms with Crippen molar-refractivity contribution in [2.24, 2.45) is 0 Å². The van der Waals surface area contributed by atoms with Gasteiger partial charge in [0.15, 0.2) is 0 Å². The molecule has 3 aromatic rings. The highest BCUT2D eigenvalue weighted by atomic mass is 32.2. The Labute approximate surface area is 151 Å². The van der Waals surface area contributed by atoms with Gasteiger partial charge in [0.25, 0.3) is 11.1 Å². The summed E-state index contributed by atoms with van der Waals surface area (Å²) in [5.74, 6) is 0.149. The van der Waals surface area contributed by atoms with E-state index in [2.05, 4.69) is 20.5 Å². The number of para-hydroxylation sites is 1. The number of aromatic nitrogens is 3. The molecular weight excluding hydrogens is 363 g/mol. The molecule has 0 saturated heterocycles. The molecule has 1 amide bonds. The third-order valence-corrected chi connectivity index (χ3v) is 5.09. The summed E-state index contributed by atoms with van der Waals surface area (Å²) in [6.07, 6.45) is 0.204. The lowest BCUT2D eigenvalue weighted by atomic mass is 10.3. The Hall–Kier alpha value is -2.26. The first kappa shape index (κ1) is 17.6. The summed E-state index contributed by atoms with van der Waals surface area (Å²) in [5.41, 5.74) is 1.03. The van der Waals surface area contributed by atoms with E-state index in [1.165, 1.54) is 35.2 Å². The van der Waals surface area contributed by atoms with Gasteiger partial charge in [0.2, 0.25) is 5.91 Å². The zero-order valence-electron chi connectivity index (χ0n) is 13.6. The number of aryl methyl sites for hydroxylation is 2. The quantitative estimate of drug-likeness (QED) is 0.651. The number of nitrogens with one attached hydrogen (secondary N) is 1. The first-order valence-corrected chi connectivity index (χ1v) is 9.28. The maximum Gasteiger partial charge on any atom is 0.276 e. The first-order valence-electron chi connectivity index (χ1n) is 7.48. The van der Waals surface area contributed by atoms with E-state index in [1.807, 2.05) is 13.8 Å². The molecule has 9 heteroatoms. The zero-order valence-corrected chi connectivity index (χ0v) is 15.2. The second-order valence-electron chi connectivity index (χ2n) is 5.15. The van der Waals surface area contributed by atoms with Crippen LogP contribution in [0.15, 0.2) is 33.9 Å². The summed E-state index contributed by atoms with van der Waals surface area (Å²) in [4.78, 5) is 17.0. The molecule has 0 spiro atoms. The monoisotopic (exact) mass is 378 g/mol. The van der Waals surface area contributed by atoms with Crippen LogP contribution in [-0.2, 0) is 4.79 Å². The molecule has 0 saturated carbocycles. The predicted octanol–water partition coefficient (Wildman–Crippen LogP) is 4.07. The van der Waals surface area contributed by atoms with Crippen LogP contribution >= 0.6 is 23.1 Å². The molecule has 0 radical (unpaired) electrons. The lowest BCUT2D eigenvalue weighted by molar-refractivity contribution is -0.115. The van der Waals surface area contributed by atoms with E-state index < -0.39 is 5.82 Å². The largest absolute Gasteiger partial charge is 0.410 e. The fourth-order valence-electron chi connectivity index (χ4n) is 2.10. The maximum atomic E-state index is 13.5. The molecule has 0 fully saturated rings. The maximum absolute atomic E-state index is 13.5. The lowest BCUT2D eigenvalue weighted by Gasteiger charge is -2.05. The Morgan fingerprint density at radius 2 is 2.12 bits per heavy atom. The number of rotatable bonds is 6. The summed E-state index contributed by atoms with van der Waals surface area (Å²) in [6, 6.07) is 6.05. The van der Waals surface area contributed by atoms with Crippen LogP contribution in [0.2, 0.25) is 0 Å². The Bertz CT molecular complexity index is 894. The van der Waals surface area contributed by atoms with Crippen LogP contribution in [0.1, 0.15) is 17.1 Å². The summed E-state index contributed by atoms with van der Waals surface area (Å²) in [5, 5.41) is 11.9. The Balaban J connectivity index is 1.52. The SMILES string of the molecule is Cc1nc(C)c(-c2nnc(SCCC(=O)Nc3ccccc3F)o2)s1. The summed E-state index contributed by atoms with van der Waals surface area (Å²) in [6.45, 7) is 3.81. The van der Waals surface area contributed by atoms with Gasteiger partial charge >= 0.3 is 0 Å². The number of thiazole rings is 1. The van der Waals surface area contributed by atoms with Crippen molar-refractivity contribution in [3.05, 3.63) is 40.8 Å². The normalized spacial score (nSPS) is 10.8. The van der Waals surface area contributed by atoms with Gasteiger partial charge in [-0.1, -0.05) is 23.9 Å². The molecule has 1 N–H and O–H groups in total. The fourth-order valence-corrected chi connectivity index (χ4v) is 3.64. The molecule has 2 aromatic heterocycles. The molecule has 25 heavy (non-hydrogen) atoms. The number of anilines is 1. The Kier molecular flexibility index (Phi) is 5.44. The second kappa shape index (κ2) is 7.75. The number of thioether (sulfide) groups is 1. The number of carbonyl (C=O) groups excluding carboxylic acids is 1. The molecule has 3 rings (SSSR count). The van der Waals surface area contributed by atoms with Crippen molar-refractivity contribution in [3.63, 3.8) is 0 Å². The molecule has 0 unspecified atom stereocenters. The minimum Gasteiger partial charge on any atom is -0.410 e. The van der Waals surface area contributed by atoms with Crippen LogP contribution in [0.25, 0.3) is 10.8 Å². The number of hydrogen-bond acceptors (Lipinski definition) is 7. The third-order valence-electron chi connectivity index (χ3n) is 3.21. The molecule has 0 atom stereocenters. The van der Waals surface area contributed by atoms with E-state index in [-0.39, 0.29) is 18.0 Å². The van der Waals surface area contributed by atoms with Gasteiger partial charge in [-0.05, 0) is 26.0 Å². The smallest absolute Gasteiger partial charge is 0.276 e. The van der Waals surface area contributed by atoms with Crippen LogP contribution < -0.4 is 5.32 Å². The van der Waals surface area contributed by atoms with Crippen molar-refractivity contribution in [2.45, 2.75) is 25.5 Å². The number of carbonyl (C=O) groups is 1. The molecule has 6 nitrogen and oxygen atoms in total. The number of nitrogens with zero attached hydrogens (tertiary/aromatic N) is 3. The van der Waals surface area contributed by atoms with E-state index >= 15 is 0 Å². The van der Waals surface area contributed by atoms with E-state index in [0.717, 1.165) is 15.6 Å². The molecule has 0 bridgehead atoms. The standard InChI is InChI=1S/C16H15FN4O2S2/c1-9-14(25-10(2)18-9)15-20-21-16(23-15)24-8-7-13(22)19-12-6-4-3-5-11(12)17/h3-6H,7-8H2,1-2H3,(H,19,22). The van der Waals surface area contributed by atoms with Crippen LogP contribution in [0.3, 0.4) is 0 Å². The number of amides is 1. The minimum atomic E-state index is -0.458. The molecule has 2 heterocycles. The van der Waals surface area contributed by atoms with Gasteiger partial charge in [-0.2, -0.15) is 0 Å².